The molecule has 0 saturated carbocycles. The van der Waals surface area contributed by atoms with E-state index < -0.39 is 28.9 Å². The van der Waals surface area contributed by atoms with Crippen molar-refractivity contribution in [3.8, 4) is 0 Å². The maximum atomic E-state index is 14.0. The second-order valence-corrected chi connectivity index (χ2v) is 5.04. The highest BCUT2D eigenvalue weighted by Crippen LogP contribution is 2.60. The summed E-state index contributed by atoms with van der Waals surface area (Å²) in [6.45, 7) is 5.75. The molecule has 0 fully saturated rings. The Hall–Kier alpha value is -1.98. The molecule has 0 aliphatic carbocycles. The Bertz CT molecular complexity index is 538. The van der Waals surface area contributed by atoms with Crippen LogP contribution in [0.4, 0.5) is 26.3 Å². The van der Waals surface area contributed by atoms with Gasteiger partial charge in [-0.25, -0.2) is 0 Å². The second-order valence-electron chi connectivity index (χ2n) is 5.04. The van der Waals surface area contributed by atoms with Gasteiger partial charge in [0.05, 0.1) is 0 Å². The molecule has 25 heavy (non-hydrogen) atoms. The van der Waals surface area contributed by atoms with Crippen LogP contribution in [0.25, 0.3) is 0 Å². The van der Waals surface area contributed by atoms with Crippen molar-refractivity contribution < 1.29 is 26.3 Å². The van der Waals surface area contributed by atoms with Gasteiger partial charge in [-0.05, 0) is 38.8 Å². The van der Waals surface area contributed by atoms with E-state index in [-0.39, 0.29) is 0 Å². The van der Waals surface area contributed by atoms with Gasteiger partial charge in [-0.2, -0.15) is 26.3 Å². The predicted octanol–water partition coefficient (Wildman–Crippen LogP) is 7.25. The van der Waals surface area contributed by atoms with Gasteiger partial charge in [-0.15, -0.1) is 0 Å². The molecule has 0 radical (unpaired) electrons. The molecule has 0 aliphatic heterocycles. The molecule has 6 heteroatoms. The first-order valence-electron chi connectivity index (χ1n) is 7.60. The van der Waals surface area contributed by atoms with Crippen molar-refractivity contribution in [1.82, 2.24) is 0 Å². The number of allylic oxidation sites excluding steroid dienone is 12. The lowest BCUT2D eigenvalue weighted by Gasteiger charge is -2.39. The van der Waals surface area contributed by atoms with Gasteiger partial charge in [0.25, 0.3) is 0 Å². The maximum absolute atomic E-state index is 14.0. The third kappa shape index (κ3) is 5.00. The lowest BCUT2D eigenvalue weighted by molar-refractivity contribution is -0.308. The molecule has 0 aromatic carbocycles. The highest BCUT2D eigenvalue weighted by atomic mass is 19.4. The lowest BCUT2D eigenvalue weighted by atomic mass is 9.71. The van der Waals surface area contributed by atoms with Crippen molar-refractivity contribution >= 4 is 0 Å². The van der Waals surface area contributed by atoms with E-state index in [4.69, 9.17) is 0 Å². The largest absolute Gasteiger partial charge is 0.411 e. The van der Waals surface area contributed by atoms with Crippen LogP contribution in [0.3, 0.4) is 0 Å². The number of alkyl halides is 6. The fourth-order valence-electron chi connectivity index (χ4n) is 2.35. The van der Waals surface area contributed by atoms with Crippen LogP contribution in [0.1, 0.15) is 27.7 Å². The molecular weight excluding hydrogens is 342 g/mol. The fourth-order valence-corrected chi connectivity index (χ4v) is 2.35. The van der Waals surface area contributed by atoms with Crippen LogP contribution in [0.5, 0.6) is 0 Å². The van der Waals surface area contributed by atoms with Crippen LogP contribution in [0.2, 0.25) is 0 Å². The highest BCUT2D eigenvalue weighted by Gasteiger charge is 2.73. The monoisotopic (exact) mass is 364 g/mol. The minimum absolute atomic E-state index is 0.841. The summed E-state index contributed by atoms with van der Waals surface area (Å²) in [6.07, 6.45) is -0.456. The number of hydrogen-bond donors (Lipinski definition) is 0. The number of hydrogen-bond acceptors (Lipinski definition) is 0. The van der Waals surface area contributed by atoms with Crippen LogP contribution >= 0.6 is 0 Å². The quantitative estimate of drug-likeness (QED) is 0.344. The predicted molar refractivity (Wildman–Crippen MR) is 90.0 cm³/mol. The zero-order valence-electron chi connectivity index (χ0n) is 14.5. The third-order valence-electron chi connectivity index (χ3n) is 3.35. The van der Waals surface area contributed by atoms with Crippen LogP contribution < -0.4 is 0 Å². The topological polar surface area (TPSA) is 0 Å². The molecule has 0 rings (SSSR count). The summed E-state index contributed by atoms with van der Waals surface area (Å²) in [5.41, 5.74) is -5.94. The van der Waals surface area contributed by atoms with Crippen molar-refractivity contribution in [2.45, 2.75) is 40.0 Å². The summed E-state index contributed by atoms with van der Waals surface area (Å²) < 4.78 is 83.7. The molecule has 0 atom stereocenters. The molecule has 0 spiro atoms. The van der Waals surface area contributed by atoms with E-state index in [0.29, 0.717) is 0 Å². The van der Waals surface area contributed by atoms with Gasteiger partial charge in [0.2, 0.25) is 5.41 Å². The van der Waals surface area contributed by atoms with Crippen LogP contribution in [0, 0.1) is 5.41 Å². The van der Waals surface area contributed by atoms with Crippen molar-refractivity contribution in [3.05, 3.63) is 71.9 Å². The van der Waals surface area contributed by atoms with E-state index >= 15 is 0 Å². The van der Waals surface area contributed by atoms with Crippen molar-refractivity contribution in [1.29, 1.82) is 0 Å². The molecule has 0 aromatic heterocycles. The Kier molecular flexibility index (Phi) is 8.74. The standard InChI is InChI=1S/C19H22F6/c1-5-9-13-15(11-7-3)17(18(20,21)22,19(23,24)25)16(12-8-4)14-10-6-2/h5-14H,1-4H3/b9-5-,10-6-,11-7-,12-8-,15-13+,16-14+. The Labute approximate surface area is 144 Å². The van der Waals surface area contributed by atoms with Crippen LogP contribution in [-0.2, 0) is 0 Å². The normalized spacial score (nSPS) is 16.2. The molecule has 0 heterocycles. The number of halogens is 6. The average Bonchev–Trinajstić information content (AvgIpc) is 2.47. The van der Waals surface area contributed by atoms with E-state index in [0.717, 1.165) is 48.6 Å². The molecule has 0 amide bonds. The molecule has 0 aliphatic rings. The van der Waals surface area contributed by atoms with E-state index in [2.05, 4.69) is 0 Å². The van der Waals surface area contributed by atoms with Gasteiger partial charge < -0.3 is 0 Å². The Morgan fingerprint density at radius 2 is 0.880 bits per heavy atom. The van der Waals surface area contributed by atoms with Gasteiger partial charge in [-0.1, -0.05) is 60.8 Å². The SMILES string of the molecule is C\C=C/C=C(\C=C/C)C(C(/C=C\C)=C/C=C\C)(C(F)(F)F)C(F)(F)F. The van der Waals surface area contributed by atoms with Gasteiger partial charge in [0, 0.05) is 0 Å². The average molecular weight is 364 g/mol. The van der Waals surface area contributed by atoms with Crippen molar-refractivity contribution in [2.75, 3.05) is 0 Å². The zero-order valence-corrected chi connectivity index (χ0v) is 14.5. The van der Waals surface area contributed by atoms with Gasteiger partial charge >= 0.3 is 12.4 Å². The molecule has 0 N–H and O–H groups in total. The molecule has 0 aromatic rings. The van der Waals surface area contributed by atoms with E-state index in [1.165, 1.54) is 39.8 Å². The molecule has 0 nitrogen and oxygen atoms in total. The molecule has 0 saturated heterocycles. The minimum atomic E-state index is -5.59. The first-order chi connectivity index (χ1) is 11.5. The summed E-state index contributed by atoms with van der Waals surface area (Å²) >= 11 is 0. The van der Waals surface area contributed by atoms with Crippen LogP contribution in [-0.4, -0.2) is 12.4 Å². The van der Waals surface area contributed by atoms with Crippen LogP contribution in [0.15, 0.2) is 71.9 Å². The Morgan fingerprint density at radius 1 is 0.560 bits per heavy atom. The first-order valence-corrected chi connectivity index (χ1v) is 7.60. The van der Waals surface area contributed by atoms with E-state index in [9.17, 15) is 26.3 Å². The summed E-state index contributed by atoms with van der Waals surface area (Å²) in [4.78, 5) is 0. The van der Waals surface area contributed by atoms with Crippen molar-refractivity contribution in [2.24, 2.45) is 5.41 Å². The maximum Gasteiger partial charge on any atom is 0.411 e. The fraction of sp³-hybridized carbons (Fsp3) is 0.368. The highest BCUT2D eigenvalue weighted by molar-refractivity contribution is 5.48. The molecule has 0 unspecified atom stereocenters. The minimum Gasteiger partial charge on any atom is -0.169 e. The van der Waals surface area contributed by atoms with E-state index in [1.54, 1.807) is 0 Å². The van der Waals surface area contributed by atoms with E-state index in [1.807, 2.05) is 0 Å². The lowest BCUT2D eigenvalue weighted by Crippen LogP contribution is -2.52. The third-order valence-corrected chi connectivity index (χ3v) is 3.35. The molecule has 140 valence electrons. The van der Waals surface area contributed by atoms with Crippen molar-refractivity contribution in [3.63, 3.8) is 0 Å². The molecule has 0 bridgehead atoms. The van der Waals surface area contributed by atoms with Gasteiger partial charge in [0.1, 0.15) is 0 Å². The zero-order chi connectivity index (χ0) is 19.7. The summed E-state index contributed by atoms with van der Waals surface area (Å²) in [7, 11) is 0. The smallest absolute Gasteiger partial charge is 0.169 e. The summed E-state index contributed by atoms with van der Waals surface area (Å²) in [6, 6.07) is 0. The first kappa shape index (κ1) is 23.0. The molecular formula is C19H22F6. The Morgan fingerprint density at radius 3 is 1.08 bits per heavy atom. The second kappa shape index (κ2) is 9.49. The van der Waals surface area contributed by atoms with Gasteiger partial charge in [-0.3, -0.25) is 0 Å². The number of rotatable bonds is 6. The summed E-state index contributed by atoms with van der Waals surface area (Å²) in [5, 5.41) is 0. The van der Waals surface area contributed by atoms with Gasteiger partial charge in [0.15, 0.2) is 0 Å². The summed E-state index contributed by atoms with van der Waals surface area (Å²) in [5.74, 6) is 0. The Balaban J connectivity index is 7.29.